The molecule has 0 N–H and O–H groups in total. The molecule has 0 aliphatic rings. The van der Waals surface area contributed by atoms with Gasteiger partial charge in [0.25, 0.3) is 0 Å². The topological polar surface area (TPSA) is 25.8 Å². The first kappa shape index (κ1) is 12.7. The lowest BCUT2D eigenvalue weighted by molar-refractivity contribution is 1.20. The van der Waals surface area contributed by atoms with E-state index in [1.54, 1.807) is 0 Å². The van der Waals surface area contributed by atoms with Gasteiger partial charge >= 0.3 is 0 Å². The summed E-state index contributed by atoms with van der Waals surface area (Å²) in [7, 11) is 0. The fourth-order valence-corrected chi connectivity index (χ4v) is 1.49. The van der Waals surface area contributed by atoms with Crippen LogP contribution >= 0.6 is 45.8 Å². The molecule has 1 aromatic heterocycles. The number of nitrogens with zero attached hydrogens (tertiary/aromatic N) is 2. The van der Waals surface area contributed by atoms with Gasteiger partial charge in [0.2, 0.25) is 0 Å². The normalized spacial score (nSPS) is 9.00. The number of benzene rings is 1. The maximum absolute atomic E-state index is 5.39. The van der Waals surface area contributed by atoms with Crippen LogP contribution in [0, 0.1) is 3.57 Å². The predicted octanol–water partition coefficient (Wildman–Crippen LogP) is 4.07. The summed E-state index contributed by atoms with van der Waals surface area (Å²) in [5, 5.41) is 0.634. The van der Waals surface area contributed by atoms with Crippen LogP contribution in [0.15, 0.2) is 42.7 Å². The Labute approximate surface area is 112 Å². The number of rotatable bonds is 0. The fraction of sp³-hybridized carbons (Fsp3) is 0. The average molecular weight is 353 g/mol. The highest BCUT2D eigenvalue weighted by Gasteiger charge is 1.87. The summed E-state index contributed by atoms with van der Waals surface area (Å²) >= 11 is 13.1. The van der Waals surface area contributed by atoms with Gasteiger partial charge in [0, 0.05) is 3.57 Å². The van der Waals surface area contributed by atoms with Crippen LogP contribution in [0.5, 0.6) is 0 Å². The van der Waals surface area contributed by atoms with Crippen LogP contribution < -0.4 is 0 Å². The molecular weight excluding hydrogens is 346 g/mol. The fourth-order valence-electron chi connectivity index (χ4n) is 0.735. The second-order valence-electron chi connectivity index (χ2n) is 2.46. The van der Waals surface area contributed by atoms with Crippen LogP contribution in [0.3, 0.4) is 0 Å². The minimum Gasteiger partial charge on any atom is -0.258 e. The Hall–Kier alpha value is -0.390. The van der Waals surface area contributed by atoms with E-state index in [-0.39, 0.29) is 0 Å². The van der Waals surface area contributed by atoms with E-state index in [0.717, 1.165) is 0 Å². The Kier molecular flexibility index (Phi) is 5.90. The van der Waals surface area contributed by atoms with E-state index in [0.29, 0.717) is 10.3 Å². The van der Waals surface area contributed by atoms with Crippen LogP contribution in [0.25, 0.3) is 0 Å². The summed E-state index contributed by atoms with van der Waals surface area (Å²) in [6, 6.07) is 10.2. The zero-order valence-electron chi connectivity index (χ0n) is 7.57. The molecule has 1 aromatic carbocycles. The van der Waals surface area contributed by atoms with Crippen LogP contribution in [-0.2, 0) is 0 Å². The predicted molar refractivity (Wildman–Crippen MR) is 71.2 cm³/mol. The summed E-state index contributed by atoms with van der Waals surface area (Å²) in [6.45, 7) is 0. The standard InChI is InChI=1S/C6H5I.C4H2Cl2N2/c7-6-4-2-1-3-5-6;5-3-1-7-2-4(6)8-3/h1-5H;1-2H. The van der Waals surface area contributed by atoms with E-state index in [9.17, 15) is 0 Å². The first-order chi connectivity index (χ1) is 7.18. The zero-order valence-corrected chi connectivity index (χ0v) is 11.2. The molecule has 2 aromatic rings. The highest BCUT2D eigenvalue weighted by Crippen LogP contribution is 2.05. The molecule has 5 heteroatoms. The molecule has 0 spiro atoms. The van der Waals surface area contributed by atoms with Crippen molar-refractivity contribution < 1.29 is 0 Å². The minimum absolute atomic E-state index is 0.317. The first-order valence-corrected chi connectivity index (χ1v) is 5.85. The molecule has 0 bridgehead atoms. The maximum atomic E-state index is 5.39. The van der Waals surface area contributed by atoms with Gasteiger partial charge in [0.1, 0.15) is 10.3 Å². The quantitative estimate of drug-likeness (QED) is 0.668. The molecule has 0 aliphatic heterocycles. The lowest BCUT2D eigenvalue weighted by Crippen LogP contribution is -1.76. The molecule has 0 saturated carbocycles. The van der Waals surface area contributed by atoms with Crippen molar-refractivity contribution in [1.82, 2.24) is 9.97 Å². The molecule has 78 valence electrons. The van der Waals surface area contributed by atoms with Crippen molar-refractivity contribution >= 4 is 45.8 Å². The lowest BCUT2D eigenvalue weighted by Gasteiger charge is -1.85. The zero-order chi connectivity index (χ0) is 11.1. The summed E-state index contributed by atoms with van der Waals surface area (Å²) < 4.78 is 1.29. The molecule has 0 aliphatic carbocycles. The number of aromatic nitrogens is 2. The Balaban J connectivity index is 0.000000151. The molecule has 0 unspecified atom stereocenters. The molecule has 2 rings (SSSR count). The van der Waals surface area contributed by atoms with E-state index in [1.165, 1.54) is 16.0 Å². The second kappa shape index (κ2) is 6.98. The largest absolute Gasteiger partial charge is 0.258 e. The minimum atomic E-state index is 0.317. The molecule has 0 atom stereocenters. The van der Waals surface area contributed by atoms with Crippen molar-refractivity contribution in [2.24, 2.45) is 0 Å². The van der Waals surface area contributed by atoms with Gasteiger partial charge in [-0.05, 0) is 34.7 Å². The third-order valence-electron chi connectivity index (χ3n) is 1.31. The average Bonchev–Trinajstić information content (AvgIpc) is 2.19. The molecule has 15 heavy (non-hydrogen) atoms. The monoisotopic (exact) mass is 352 g/mol. The van der Waals surface area contributed by atoms with Gasteiger partial charge in [-0.15, -0.1) is 0 Å². The Morgan fingerprint density at radius 1 is 0.933 bits per heavy atom. The summed E-state index contributed by atoms with van der Waals surface area (Å²) in [4.78, 5) is 7.30. The van der Waals surface area contributed by atoms with Gasteiger partial charge in [-0.2, -0.15) is 0 Å². The second-order valence-corrected chi connectivity index (χ2v) is 4.48. The number of halogens is 3. The van der Waals surface area contributed by atoms with Crippen molar-refractivity contribution in [2.45, 2.75) is 0 Å². The molecule has 0 saturated heterocycles. The van der Waals surface area contributed by atoms with E-state index in [2.05, 4.69) is 44.7 Å². The summed E-state index contributed by atoms with van der Waals surface area (Å²) in [6.07, 6.45) is 2.85. The molecule has 0 amide bonds. The van der Waals surface area contributed by atoms with Gasteiger partial charge in [-0.3, -0.25) is 4.98 Å². The first-order valence-electron chi connectivity index (χ1n) is 4.02. The third kappa shape index (κ3) is 5.92. The maximum Gasteiger partial charge on any atom is 0.149 e. The molecule has 0 radical (unpaired) electrons. The van der Waals surface area contributed by atoms with Gasteiger partial charge in [0.15, 0.2) is 0 Å². The van der Waals surface area contributed by atoms with Crippen LogP contribution in [0.4, 0.5) is 0 Å². The molecular formula is C10H7Cl2IN2. The highest BCUT2D eigenvalue weighted by molar-refractivity contribution is 14.1. The van der Waals surface area contributed by atoms with Crippen LogP contribution in [0.1, 0.15) is 0 Å². The van der Waals surface area contributed by atoms with Crippen molar-refractivity contribution in [3.05, 3.63) is 56.6 Å². The van der Waals surface area contributed by atoms with E-state index in [1.807, 2.05) is 18.2 Å². The van der Waals surface area contributed by atoms with Crippen molar-refractivity contribution in [3.8, 4) is 0 Å². The van der Waals surface area contributed by atoms with Gasteiger partial charge in [-0.1, -0.05) is 41.4 Å². The summed E-state index contributed by atoms with van der Waals surface area (Å²) in [5.41, 5.74) is 0. The number of hydrogen-bond acceptors (Lipinski definition) is 2. The van der Waals surface area contributed by atoms with E-state index >= 15 is 0 Å². The lowest BCUT2D eigenvalue weighted by atomic mass is 10.4. The Morgan fingerprint density at radius 2 is 1.47 bits per heavy atom. The molecule has 0 fully saturated rings. The Bertz CT molecular complexity index is 392. The van der Waals surface area contributed by atoms with Crippen molar-refractivity contribution in [2.75, 3.05) is 0 Å². The molecule has 1 heterocycles. The molecule has 2 nitrogen and oxygen atoms in total. The van der Waals surface area contributed by atoms with Crippen molar-refractivity contribution in [3.63, 3.8) is 0 Å². The van der Waals surface area contributed by atoms with Gasteiger partial charge in [-0.25, -0.2) is 4.98 Å². The highest BCUT2D eigenvalue weighted by atomic mass is 127. The number of hydrogen-bond donors (Lipinski definition) is 0. The Morgan fingerprint density at radius 3 is 1.73 bits per heavy atom. The van der Waals surface area contributed by atoms with Crippen molar-refractivity contribution in [1.29, 1.82) is 0 Å². The third-order valence-corrected chi connectivity index (χ3v) is 2.39. The smallest absolute Gasteiger partial charge is 0.149 e. The summed E-state index contributed by atoms with van der Waals surface area (Å²) in [5.74, 6) is 0. The van der Waals surface area contributed by atoms with Gasteiger partial charge < -0.3 is 0 Å². The SMILES string of the molecule is Clc1cncc(Cl)n1.Ic1ccccc1. The van der Waals surface area contributed by atoms with Crippen LogP contribution in [0.2, 0.25) is 10.3 Å². The van der Waals surface area contributed by atoms with E-state index in [4.69, 9.17) is 23.2 Å². The van der Waals surface area contributed by atoms with Crippen LogP contribution in [-0.4, -0.2) is 9.97 Å². The van der Waals surface area contributed by atoms with E-state index < -0.39 is 0 Å². The van der Waals surface area contributed by atoms with Gasteiger partial charge in [0.05, 0.1) is 12.4 Å².